The third kappa shape index (κ3) is 7.39. The minimum Gasteiger partial charge on any atom is -0.459 e. The topological polar surface area (TPSA) is 104 Å². The Morgan fingerprint density at radius 2 is 1.69 bits per heavy atom. The highest BCUT2D eigenvalue weighted by atomic mass is 16.5. The summed E-state index contributed by atoms with van der Waals surface area (Å²) in [5, 5.41) is 2.97. The number of esters is 1. The number of hydrogen-bond donors (Lipinski definition) is 2. The maximum atomic E-state index is 13.1. The number of nitrogens with zero attached hydrogens (tertiary/aromatic N) is 1. The van der Waals surface area contributed by atoms with E-state index < -0.39 is 12.0 Å². The smallest absolute Gasteiger partial charge is 0.329 e. The van der Waals surface area contributed by atoms with E-state index in [2.05, 4.69) is 10.3 Å². The van der Waals surface area contributed by atoms with E-state index in [-0.39, 0.29) is 18.4 Å². The van der Waals surface area contributed by atoms with Gasteiger partial charge in [-0.1, -0.05) is 36.4 Å². The number of aromatic nitrogens is 1. The number of hydrogen-bond acceptors (Lipinski definition) is 6. The standard InChI is InChI=1S/C29H33N3O4/c30-18-21-11-13-24(14-12-21)28(33)32-27(29(34)35-20-23-7-5-15-31-19-23)17-22-6-4-10-26(16-22)36-25-8-2-1-3-9-25/h1-10,15-16,19,21,24,27H,11-14,17-18,20,30H2,(H,32,33)/t21?,24?,27-/m0/s1. The first-order valence-electron chi connectivity index (χ1n) is 12.5. The van der Waals surface area contributed by atoms with Crippen molar-refractivity contribution in [3.05, 3.63) is 90.3 Å². The van der Waals surface area contributed by atoms with Crippen LogP contribution in [-0.2, 0) is 27.4 Å². The van der Waals surface area contributed by atoms with Crippen molar-refractivity contribution in [1.82, 2.24) is 10.3 Å². The molecule has 36 heavy (non-hydrogen) atoms. The summed E-state index contributed by atoms with van der Waals surface area (Å²) in [6.07, 6.45) is 7.05. The molecule has 1 aliphatic carbocycles. The summed E-state index contributed by atoms with van der Waals surface area (Å²) < 4.78 is 11.5. The van der Waals surface area contributed by atoms with E-state index in [9.17, 15) is 9.59 Å². The van der Waals surface area contributed by atoms with Gasteiger partial charge < -0.3 is 20.5 Å². The van der Waals surface area contributed by atoms with Crippen LogP contribution in [0.25, 0.3) is 0 Å². The number of carbonyl (C=O) groups excluding carboxylic acids is 2. The Morgan fingerprint density at radius 3 is 2.42 bits per heavy atom. The Hall–Kier alpha value is -3.71. The zero-order valence-electron chi connectivity index (χ0n) is 20.3. The minimum atomic E-state index is -0.812. The van der Waals surface area contributed by atoms with Crippen LogP contribution in [0.15, 0.2) is 79.1 Å². The van der Waals surface area contributed by atoms with Crippen molar-refractivity contribution in [2.45, 2.75) is 44.8 Å². The number of nitrogens with two attached hydrogens (primary N) is 1. The number of rotatable bonds is 10. The fourth-order valence-electron chi connectivity index (χ4n) is 4.48. The van der Waals surface area contributed by atoms with E-state index in [1.165, 1.54) is 0 Å². The maximum absolute atomic E-state index is 13.1. The fourth-order valence-corrected chi connectivity index (χ4v) is 4.48. The predicted octanol–water partition coefficient (Wildman–Crippen LogP) is 4.41. The van der Waals surface area contributed by atoms with E-state index in [0.717, 1.165) is 42.6 Å². The Bertz CT molecular complexity index is 1120. The quantitative estimate of drug-likeness (QED) is 0.411. The van der Waals surface area contributed by atoms with Gasteiger partial charge in [0.05, 0.1) is 0 Å². The summed E-state index contributed by atoms with van der Waals surface area (Å²) in [4.78, 5) is 30.3. The Balaban J connectivity index is 1.44. The van der Waals surface area contributed by atoms with Crippen molar-refractivity contribution in [2.75, 3.05) is 6.54 Å². The molecule has 0 unspecified atom stereocenters. The average molecular weight is 488 g/mol. The molecule has 0 saturated heterocycles. The molecule has 7 nitrogen and oxygen atoms in total. The van der Waals surface area contributed by atoms with Gasteiger partial charge in [-0.05, 0) is 74.0 Å². The van der Waals surface area contributed by atoms with Gasteiger partial charge in [-0.2, -0.15) is 0 Å². The van der Waals surface area contributed by atoms with Gasteiger partial charge in [0.2, 0.25) is 5.91 Å². The highest BCUT2D eigenvalue weighted by Gasteiger charge is 2.30. The second-order valence-electron chi connectivity index (χ2n) is 9.25. The SMILES string of the molecule is NCC1CCC(C(=O)N[C@@H](Cc2cccc(Oc3ccccc3)c2)C(=O)OCc2cccnc2)CC1. The van der Waals surface area contributed by atoms with Gasteiger partial charge in [-0.15, -0.1) is 0 Å². The van der Waals surface area contributed by atoms with Crippen molar-refractivity contribution in [3.63, 3.8) is 0 Å². The van der Waals surface area contributed by atoms with Gasteiger partial charge in [-0.3, -0.25) is 9.78 Å². The lowest BCUT2D eigenvalue weighted by molar-refractivity contribution is -0.149. The first-order chi connectivity index (χ1) is 17.6. The molecule has 1 saturated carbocycles. The van der Waals surface area contributed by atoms with Gasteiger partial charge in [0.1, 0.15) is 24.1 Å². The molecule has 1 atom stereocenters. The highest BCUT2D eigenvalue weighted by molar-refractivity contribution is 5.86. The number of para-hydroxylation sites is 1. The number of amides is 1. The van der Waals surface area contributed by atoms with E-state index in [1.54, 1.807) is 18.5 Å². The Kier molecular flexibility index (Phi) is 9.05. The van der Waals surface area contributed by atoms with Crippen molar-refractivity contribution in [3.8, 4) is 11.5 Å². The first kappa shape index (κ1) is 25.4. The zero-order valence-corrected chi connectivity index (χ0v) is 20.3. The molecule has 0 bridgehead atoms. The molecule has 1 fully saturated rings. The highest BCUT2D eigenvalue weighted by Crippen LogP contribution is 2.28. The van der Waals surface area contributed by atoms with Crippen LogP contribution in [0.4, 0.5) is 0 Å². The molecule has 1 amide bonds. The molecule has 0 radical (unpaired) electrons. The fraction of sp³-hybridized carbons (Fsp3) is 0.345. The number of ether oxygens (including phenoxy) is 2. The molecule has 0 spiro atoms. The molecule has 2 aromatic carbocycles. The Labute approximate surface area is 212 Å². The number of pyridine rings is 1. The lowest BCUT2D eigenvalue weighted by Crippen LogP contribution is -2.46. The molecule has 1 heterocycles. The van der Waals surface area contributed by atoms with Crippen LogP contribution in [0.2, 0.25) is 0 Å². The summed E-state index contributed by atoms with van der Waals surface area (Å²) >= 11 is 0. The number of benzene rings is 2. The largest absolute Gasteiger partial charge is 0.459 e. The third-order valence-electron chi connectivity index (χ3n) is 6.57. The van der Waals surface area contributed by atoms with Gasteiger partial charge in [-0.25, -0.2) is 4.79 Å². The number of carbonyl (C=O) groups is 2. The summed E-state index contributed by atoms with van der Waals surface area (Å²) in [6.45, 7) is 0.747. The van der Waals surface area contributed by atoms with Crippen LogP contribution in [0.5, 0.6) is 11.5 Å². The second kappa shape index (κ2) is 12.8. The molecule has 1 aromatic heterocycles. The molecular formula is C29H33N3O4. The van der Waals surface area contributed by atoms with Crippen LogP contribution in [0.3, 0.4) is 0 Å². The maximum Gasteiger partial charge on any atom is 0.329 e. The van der Waals surface area contributed by atoms with Crippen molar-refractivity contribution in [2.24, 2.45) is 17.6 Å². The minimum absolute atomic E-state index is 0.0950. The van der Waals surface area contributed by atoms with E-state index in [4.69, 9.17) is 15.2 Å². The van der Waals surface area contributed by atoms with Crippen molar-refractivity contribution < 1.29 is 19.1 Å². The summed E-state index contributed by atoms with van der Waals surface area (Å²) in [6, 6.07) is 19.9. The van der Waals surface area contributed by atoms with Crippen LogP contribution in [0.1, 0.15) is 36.8 Å². The summed E-state index contributed by atoms with van der Waals surface area (Å²) in [5.74, 6) is 1.16. The number of nitrogens with one attached hydrogen (secondary N) is 1. The van der Waals surface area contributed by atoms with E-state index in [0.29, 0.717) is 24.6 Å². The Morgan fingerprint density at radius 1 is 0.944 bits per heavy atom. The van der Waals surface area contributed by atoms with E-state index in [1.807, 2.05) is 60.7 Å². The van der Waals surface area contributed by atoms with Gasteiger partial charge in [0.25, 0.3) is 0 Å². The van der Waals surface area contributed by atoms with Crippen LogP contribution < -0.4 is 15.8 Å². The average Bonchev–Trinajstić information content (AvgIpc) is 2.92. The molecule has 0 aliphatic heterocycles. The van der Waals surface area contributed by atoms with Gasteiger partial charge in [0.15, 0.2) is 0 Å². The summed E-state index contributed by atoms with van der Waals surface area (Å²) in [7, 11) is 0. The van der Waals surface area contributed by atoms with Crippen LogP contribution >= 0.6 is 0 Å². The van der Waals surface area contributed by atoms with Crippen molar-refractivity contribution in [1.29, 1.82) is 0 Å². The second-order valence-corrected chi connectivity index (χ2v) is 9.25. The molecular weight excluding hydrogens is 454 g/mol. The normalized spacial score (nSPS) is 18.1. The van der Waals surface area contributed by atoms with Gasteiger partial charge >= 0.3 is 5.97 Å². The molecule has 1 aliphatic rings. The molecule has 3 aromatic rings. The lowest BCUT2D eigenvalue weighted by Gasteiger charge is -2.28. The first-order valence-corrected chi connectivity index (χ1v) is 12.5. The van der Waals surface area contributed by atoms with Gasteiger partial charge in [0, 0.05) is 30.3 Å². The monoisotopic (exact) mass is 487 g/mol. The van der Waals surface area contributed by atoms with Crippen LogP contribution in [0, 0.1) is 11.8 Å². The van der Waals surface area contributed by atoms with E-state index >= 15 is 0 Å². The lowest BCUT2D eigenvalue weighted by atomic mass is 9.81. The van der Waals surface area contributed by atoms with Crippen molar-refractivity contribution >= 4 is 11.9 Å². The van der Waals surface area contributed by atoms with Crippen LogP contribution in [-0.4, -0.2) is 29.4 Å². The molecule has 3 N–H and O–H groups in total. The molecule has 4 rings (SSSR count). The molecule has 7 heteroatoms. The third-order valence-corrected chi connectivity index (χ3v) is 6.57. The predicted molar refractivity (Wildman–Crippen MR) is 137 cm³/mol. The zero-order chi connectivity index (χ0) is 25.2. The molecule has 188 valence electrons. The summed E-state index contributed by atoms with van der Waals surface area (Å²) in [5.41, 5.74) is 7.44.